The number of carbonyl (C=O) groups is 1. The molecule has 1 aliphatic heterocycles. The van der Waals surface area contributed by atoms with E-state index in [2.05, 4.69) is 27.0 Å². The number of benzene rings is 1. The standard InChI is InChI=1S/C23H22FN5O/c24-19-3-1-2-17(12-19)23(30)28-9-6-16(7-10-28)15-29-11-8-21-22(29)5-4-20(27-21)18-13-25-26-14-18/h1-5,8,11-14,16H,6-7,9-10,15H2,(H,25,26). The lowest BCUT2D eigenvalue weighted by atomic mass is 9.96. The van der Waals surface area contributed by atoms with E-state index in [4.69, 9.17) is 4.98 Å². The molecule has 1 aromatic carbocycles. The van der Waals surface area contributed by atoms with Gasteiger partial charge in [0.05, 0.1) is 22.9 Å². The van der Waals surface area contributed by atoms with Gasteiger partial charge < -0.3 is 9.47 Å². The van der Waals surface area contributed by atoms with E-state index in [9.17, 15) is 9.18 Å². The van der Waals surface area contributed by atoms with Crippen LogP contribution in [0.25, 0.3) is 22.3 Å². The van der Waals surface area contributed by atoms with Crippen LogP contribution in [0.2, 0.25) is 0 Å². The van der Waals surface area contributed by atoms with Gasteiger partial charge >= 0.3 is 0 Å². The summed E-state index contributed by atoms with van der Waals surface area (Å²) in [7, 11) is 0. The van der Waals surface area contributed by atoms with Crippen molar-refractivity contribution in [3.8, 4) is 11.3 Å². The summed E-state index contributed by atoms with van der Waals surface area (Å²) in [5, 5.41) is 6.81. The number of piperidine rings is 1. The Balaban J connectivity index is 1.24. The number of aromatic amines is 1. The van der Waals surface area contributed by atoms with Gasteiger partial charge in [0.15, 0.2) is 0 Å². The molecular weight excluding hydrogens is 381 g/mol. The zero-order valence-electron chi connectivity index (χ0n) is 16.5. The van der Waals surface area contributed by atoms with E-state index in [0.29, 0.717) is 24.6 Å². The number of amides is 1. The number of carbonyl (C=O) groups excluding carboxylic acids is 1. The lowest BCUT2D eigenvalue weighted by Gasteiger charge is -2.32. The van der Waals surface area contributed by atoms with Gasteiger partial charge in [-0.25, -0.2) is 9.37 Å². The molecule has 3 aromatic heterocycles. The Labute approximate surface area is 173 Å². The van der Waals surface area contributed by atoms with E-state index in [1.807, 2.05) is 23.2 Å². The number of aromatic nitrogens is 4. The van der Waals surface area contributed by atoms with Crippen molar-refractivity contribution in [2.24, 2.45) is 5.92 Å². The molecule has 5 rings (SSSR count). The molecule has 6 nitrogen and oxygen atoms in total. The van der Waals surface area contributed by atoms with Gasteiger partial charge in [-0.2, -0.15) is 5.10 Å². The van der Waals surface area contributed by atoms with E-state index in [-0.39, 0.29) is 11.7 Å². The zero-order chi connectivity index (χ0) is 20.5. The quantitative estimate of drug-likeness (QED) is 0.557. The lowest BCUT2D eigenvalue weighted by Crippen LogP contribution is -2.39. The van der Waals surface area contributed by atoms with Crippen LogP contribution in [-0.4, -0.2) is 43.6 Å². The molecule has 1 N–H and O–H groups in total. The normalized spacial score (nSPS) is 15.0. The largest absolute Gasteiger partial charge is 0.346 e. The number of rotatable bonds is 4. The summed E-state index contributed by atoms with van der Waals surface area (Å²) in [5.41, 5.74) is 4.37. The molecule has 1 saturated heterocycles. The summed E-state index contributed by atoms with van der Waals surface area (Å²) in [6, 6.07) is 12.1. The van der Waals surface area contributed by atoms with Crippen LogP contribution in [0.1, 0.15) is 23.2 Å². The van der Waals surface area contributed by atoms with Crippen molar-refractivity contribution in [2.45, 2.75) is 19.4 Å². The summed E-state index contributed by atoms with van der Waals surface area (Å²) in [6.45, 7) is 2.29. The Kier molecular flexibility index (Phi) is 4.78. The predicted molar refractivity (Wildman–Crippen MR) is 112 cm³/mol. The molecule has 0 bridgehead atoms. The number of nitrogens with one attached hydrogen (secondary N) is 1. The highest BCUT2D eigenvalue weighted by Crippen LogP contribution is 2.25. The number of fused-ring (bicyclic) bond motifs is 1. The van der Waals surface area contributed by atoms with E-state index >= 15 is 0 Å². The van der Waals surface area contributed by atoms with Crippen LogP contribution in [0.3, 0.4) is 0 Å². The molecule has 30 heavy (non-hydrogen) atoms. The Morgan fingerprint density at radius 3 is 2.80 bits per heavy atom. The SMILES string of the molecule is O=C(c1cccc(F)c1)N1CCC(Cn2ccc3nc(-c4cn[nH]c4)ccc32)CC1. The maximum absolute atomic E-state index is 13.4. The van der Waals surface area contributed by atoms with Gasteiger partial charge in [0, 0.05) is 43.2 Å². The third kappa shape index (κ3) is 3.58. The van der Waals surface area contributed by atoms with Gasteiger partial charge in [-0.05, 0) is 55.2 Å². The third-order valence-electron chi connectivity index (χ3n) is 5.85. The Bertz CT molecular complexity index is 1180. The molecule has 4 aromatic rings. The smallest absolute Gasteiger partial charge is 0.253 e. The van der Waals surface area contributed by atoms with Crippen LogP contribution < -0.4 is 0 Å². The highest BCUT2D eigenvalue weighted by Gasteiger charge is 2.24. The van der Waals surface area contributed by atoms with Crippen molar-refractivity contribution >= 4 is 16.9 Å². The number of hydrogen-bond acceptors (Lipinski definition) is 3. The molecule has 0 radical (unpaired) electrons. The molecule has 152 valence electrons. The van der Waals surface area contributed by atoms with E-state index in [1.54, 1.807) is 18.3 Å². The minimum Gasteiger partial charge on any atom is -0.346 e. The highest BCUT2D eigenvalue weighted by atomic mass is 19.1. The van der Waals surface area contributed by atoms with Gasteiger partial charge in [-0.1, -0.05) is 6.07 Å². The van der Waals surface area contributed by atoms with Gasteiger partial charge in [0.2, 0.25) is 0 Å². The van der Waals surface area contributed by atoms with E-state index in [1.165, 1.54) is 12.1 Å². The molecule has 0 atom stereocenters. The van der Waals surface area contributed by atoms with E-state index < -0.39 is 0 Å². The van der Waals surface area contributed by atoms with Gasteiger partial charge in [-0.15, -0.1) is 0 Å². The highest BCUT2D eigenvalue weighted by molar-refractivity contribution is 5.94. The van der Waals surface area contributed by atoms with Crippen LogP contribution >= 0.6 is 0 Å². The van der Waals surface area contributed by atoms with Gasteiger partial charge in [-0.3, -0.25) is 9.89 Å². The lowest BCUT2D eigenvalue weighted by molar-refractivity contribution is 0.0683. The van der Waals surface area contributed by atoms with Gasteiger partial charge in [0.1, 0.15) is 5.82 Å². The molecule has 4 heterocycles. The first-order valence-electron chi connectivity index (χ1n) is 10.2. The van der Waals surface area contributed by atoms with Crippen LogP contribution in [0.15, 0.2) is 61.1 Å². The van der Waals surface area contributed by atoms with Crippen LogP contribution in [0.4, 0.5) is 4.39 Å². The molecule has 1 fully saturated rings. The number of pyridine rings is 1. The maximum Gasteiger partial charge on any atom is 0.253 e. The summed E-state index contributed by atoms with van der Waals surface area (Å²) >= 11 is 0. The average molecular weight is 403 g/mol. The molecule has 1 amide bonds. The van der Waals surface area contributed by atoms with Crippen molar-refractivity contribution in [3.63, 3.8) is 0 Å². The predicted octanol–water partition coefficient (Wildman–Crippen LogP) is 4.12. The number of hydrogen-bond donors (Lipinski definition) is 1. The Morgan fingerprint density at radius 1 is 1.17 bits per heavy atom. The van der Waals surface area contributed by atoms with Crippen molar-refractivity contribution < 1.29 is 9.18 Å². The average Bonchev–Trinajstić information content (AvgIpc) is 3.44. The van der Waals surface area contributed by atoms with Crippen molar-refractivity contribution in [1.82, 2.24) is 24.6 Å². The second-order valence-electron chi connectivity index (χ2n) is 7.80. The number of nitrogens with zero attached hydrogens (tertiary/aromatic N) is 4. The third-order valence-corrected chi connectivity index (χ3v) is 5.85. The minimum absolute atomic E-state index is 0.0876. The van der Waals surface area contributed by atoms with Crippen molar-refractivity contribution in [2.75, 3.05) is 13.1 Å². The van der Waals surface area contributed by atoms with Crippen LogP contribution in [0.5, 0.6) is 0 Å². The topological polar surface area (TPSA) is 66.8 Å². The number of halogens is 1. The first kappa shape index (κ1) is 18.5. The monoisotopic (exact) mass is 403 g/mol. The summed E-state index contributed by atoms with van der Waals surface area (Å²) in [5.74, 6) is 0.0285. The molecule has 0 unspecified atom stereocenters. The van der Waals surface area contributed by atoms with Crippen LogP contribution in [-0.2, 0) is 6.54 Å². The minimum atomic E-state index is -0.375. The fourth-order valence-corrected chi connectivity index (χ4v) is 4.19. The first-order valence-corrected chi connectivity index (χ1v) is 10.2. The second kappa shape index (κ2) is 7.74. The molecule has 0 aliphatic carbocycles. The zero-order valence-corrected chi connectivity index (χ0v) is 16.5. The molecule has 0 saturated carbocycles. The summed E-state index contributed by atoms with van der Waals surface area (Å²) in [4.78, 5) is 19.2. The fourth-order valence-electron chi connectivity index (χ4n) is 4.19. The molecule has 1 aliphatic rings. The maximum atomic E-state index is 13.4. The molecule has 7 heteroatoms. The Morgan fingerprint density at radius 2 is 2.03 bits per heavy atom. The van der Waals surface area contributed by atoms with E-state index in [0.717, 1.165) is 41.7 Å². The first-order chi connectivity index (χ1) is 14.7. The summed E-state index contributed by atoms with van der Waals surface area (Å²) in [6.07, 6.45) is 7.55. The second-order valence-corrected chi connectivity index (χ2v) is 7.80. The summed E-state index contributed by atoms with van der Waals surface area (Å²) < 4.78 is 15.7. The van der Waals surface area contributed by atoms with Gasteiger partial charge in [0.25, 0.3) is 5.91 Å². The molecular formula is C23H22FN5O. The van der Waals surface area contributed by atoms with Crippen LogP contribution in [0, 0.1) is 11.7 Å². The number of likely N-dealkylation sites (tertiary alicyclic amines) is 1. The Hall–Kier alpha value is -3.48. The fraction of sp³-hybridized carbons (Fsp3) is 0.261. The number of H-pyrrole nitrogens is 1. The van der Waals surface area contributed by atoms with Crippen molar-refractivity contribution in [1.29, 1.82) is 0 Å². The van der Waals surface area contributed by atoms with Crippen molar-refractivity contribution in [3.05, 3.63) is 72.4 Å². The molecule has 0 spiro atoms.